The van der Waals surface area contributed by atoms with Gasteiger partial charge in [0.15, 0.2) is 0 Å². The molecule has 3 atom stereocenters. The van der Waals surface area contributed by atoms with E-state index < -0.39 is 23.4 Å². The first-order valence-electron chi connectivity index (χ1n) is 9.08. The van der Waals surface area contributed by atoms with Gasteiger partial charge in [-0.15, -0.1) is 0 Å². The van der Waals surface area contributed by atoms with Crippen LogP contribution in [0.15, 0.2) is 21.9 Å². The summed E-state index contributed by atoms with van der Waals surface area (Å²) in [6.07, 6.45) is 1.29. The molecule has 1 aromatic heterocycles. The number of aromatic amines is 1. The fourth-order valence-electron chi connectivity index (χ4n) is 3.54. The Kier molecular flexibility index (Phi) is 6.07. The second kappa shape index (κ2) is 8.49. The van der Waals surface area contributed by atoms with E-state index in [9.17, 15) is 24.3 Å². The Morgan fingerprint density at radius 2 is 2.00 bits per heavy atom. The highest BCUT2D eigenvalue weighted by Crippen LogP contribution is 2.28. The molecule has 0 unspecified atom stereocenters. The molecule has 27 heavy (non-hydrogen) atoms. The topological polar surface area (TPSA) is 134 Å². The number of hydrogen-bond donors (Lipinski definition) is 3. The van der Waals surface area contributed by atoms with Gasteiger partial charge in [-0.05, 0) is 12.8 Å². The van der Waals surface area contributed by atoms with Crippen molar-refractivity contribution in [3.8, 4) is 0 Å². The maximum Gasteiger partial charge on any atom is 0.328 e. The average Bonchev–Trinajstić information content (AvgIpc) is 3.01. The highest BCUT2D eigenvalue weighted by Gasteiger charge is 2.39. The summed E-state index contributed by atoms with van der Waals surface area (Å²) in [5, 5.41) is 13.0. The summed E-state index contributed by atoms with van der Waals surface area (Å²) in [6.45, 7) is 2.25. The Bertz CT molecular complexity index is 797. The Morgan fingerprint density at radius 1 is 1.26 bits per heavy atom. The number of aliphatic hydroxyl groups excluding tert-OH is 1. The van der Waals surface area contributed by atoms with Gasteiger partial charge in [-0.25, -0.2) is 4.79 Å². The number of amides is 2. The van der Waals surface area contributed by atoms with E-state index in [4.69, 9.17) is 4.74 Å². The lowest BCUT2D eigenvalue weighted by Crippen LogP contribution is -2.43. The number of rotatable bonds is 5. The zero-order valence-electron chi connectivity index (χ0n) is 14.9. The summed E-state index contributed by atoms with van der Waals surface area (Å²) in [5.74, 6) is -0.643. The summed E-state index contributed by atoms with van der Waals surface area (Å²) in [7, 11) is 0. The van der Waals surface area contributed by atoms with Crippen molar-refractivity contribution in [2.75, 3.05) is 26.3 Å². The van der Waals surface area contributed by atoms with Gasteiger partial charge in [0.1, 0.15) is 0 Å². The largest absolute Gasteiger partial charge is 0.391 e. The van der Waals surface area contributed by atoms with E-state index in [0.717, 1.165) is 0 Å². The van der Waals surface area contributed by atoms with Crippen molar-refractivity contribution in [2.24, 2.45) is 5.92 Å². The monoisotopic (exact) mass is 380 g/mol. The molecule has 1 aliphatic heterocycles. The summed E-state index contributed by atoms with van der Waals surface area (Å²) in [5.41, 5.74) is -1.07. The third-order valence-electron chi connectivity index (χ3n) is 5.02. The molecule has 1 aliphatic carbocycles. The van der Waals surface area contributed by atoms with Gasteiger partial charge in [0.2, 0.25) is 11.8 Å². The Labute approximate surface area is 155 Å². The van der Waals surface area contributed by atoms with E-state index in [0.29, 0.717) is 39.1 Å². The molecule has 0 aromatic carbocycles. The van der Waals surface area contributed by atoms with Crippen LogP contribution in [0.4, 0.5) is 0 Å². The van der Waals surface area contributed by atoms with Crippen molar-refractivity contribution in [3.05, 3.63) is 33.1 Å². The van der Waals surface area contributed by atoms with Crippen molar-refractivity contribution in [1.82, 2.24) is 19.8 Å². The minimum atomic E-state index is -0.778. The number of carbonyl (C=O) groups excluding carboxylic acids is 2. The van der Waals surface area contributed by atoms with Gasteiger partial charge in [0, 0.05) is 44.2 Å². The molecule has 2 amide bonds. The summed E-state index contributed by atoms with van der Waals surface area (Å²) in [6, 6.07) is 0.724. The highest BCUT2D eigenvalue weighted by molar-refractivity contribution is 5.80. The van der Waals surface area contributed by atoms with Crippen LogP contribution in [0.25, 0.3) is 0 Å². The lowest BCUT2D eigenvalue weighted by atomic mass is 10.1. The molecular formula is C17H24N4O6. The van der Waals surface area contributed by atoms with E-state index in [1.54, 1.807) is 4.90 Å². The summed E-state index contributed by atoms with van der Waals surface area (Å²) >= 11 is 0. The van der Waals surface area contributed by atoms with Crippen molar-refractivity contribution in [2.45, 2.75) is 38.0 Å². The second-order valence-electron chi connectivity index (χ2n) is 6.90. The molecule has 148 valence electrons. The van der Waals surface area contributed by atoms with Crippen LogP contribution in [0.1, 0.15) is 19.3 Å². The molecule has 1 saturated carbocycles. The number of aliphatic hydroxyl groups is 1. The first kappa shape index (κ1) is 19.3. The van der Waals surface area contributed by atoms with Crippen molar-refractivity contribution < 1.29 is 19.4 Å². The first-order valence-corrected chi connectivity index (χ1v) is 9.08. The molecule has 0 spiro atoms. The molecular weight excluding hydrogens is 356 g/mol. The number of nitrogens with one attached hydrogen (secondary N) is 2. The quantitative estimate of drug-likeness (QED) is 0.543. The molecule has 2 fully saturated rings. The molecule has 1 saturated heterocycles. The third-order valence-corrected chi connectivity index (χ3v) is 5.02. The van der Waals surface area contributed by atoms with Crippen molar-refractivity contribution >= 4 is 11.8 Å². The molecule has 3 N–H and O–H groups in total. The second-order valence-corrected chi connectivity index (χ2v) is 6.90. The fraction of sp³-hybridized carbons (Fsp3) is 0.647. The van der Waals surface area contributed by atoms with Gasteiger partial charge in [-0.2, -0.15) is 0 Å². The van der Waals surface area contributed by atoms with E-state index in [1.807, 2.05) is 0 Å². The Morgan fingerprint density at radius 3 is 2.70 bits per heavy atom. The maximum absolute atomic E-state index is 12.5. The van der Waals surface area contributed by atoms with E-state index in [2.05, 4.69) is 10.3 Å². The maximum atomic E-state index is 12.5. The van der Waals surface area contributed by atoms with Gasteiger partial charge >= 0.3 is 5.69 Å². The lowest BCUT2D eigenvalue weighted by Gasteiger charge is -2.29. The highest BCUT2D eigenvalue weighted by atomic mass is 16.5. The normalized spacial score (nSPS) is 25.4. The van der Waals surface area contributed by atoms with Gasteiger partial charge in [0.25, 0.3) is 5.56 Å². The Balaban J connectivity index is 1.49. The molecule has 3 rings (SSSR count). The van der Waals surface area contributed by atoms with Crippen LogP contribution in [0.5, 0.6) is 0 Å². The average molecular weight is 380 g/mol. The third kappa shape index (κ3) is 4.83. The molecule has 0 radical (unpaired) electrons. The molecule has 10 heteroatoms. The summed E-state index contributed by atoms with van der Waals surface area (Å²) in [4.78, 5) is 51.2. The predicted molar refractivity (Wildman–Crippen MR) is 94.0 cm³/mol. The molecule has 2 heterocycles. The first-order chi connectivity index (χ1) is 12.9. The Hall–Kier alpha value is -2.46. The SMILES string of the molecule is O=C(CCn1ccc(=O)[nH]c1=O)N[C@@H]1C[C@H](C(=O)N2CCOCC2)C[C@H]1O. The minimum Gasteiger partial charge on any atom is -0.391 e. The molecule has 0 bridgehead atoms. The predicted octanol–water partition coefficient (Wildman–Crippen LogP) is -1.96. The van der Waals surface area contributed by atoms with Crippen LogP contribution in [0.2, 0.25) is 0 Å². The minimum absolute atomic E-state index is 0.00566. The van der Waals surface area contributed by atoms with Crippen LogP contribution < -0.4 is 16.6 Å². The van der Waals surface area contributed by atoms with E-state index in [1.165, 1.54) is 16.8 Å². The number of H-pyrrole nitrogens is 1. The lowest BCUT2D eigenvalue weighted by molar-refractivity contribution is -0.139. The smallest absolute Gasteiger partial charge is 0.328 e. The summed E-state index contributed by atoms with van der Waals surface area (Å²) < 4.78 is 6.47. The zero-order chi connectivity index (χ0) is 19.4. The van der Waals surface area contributed by atoms with Crippen molar-refractivity contribution in [3.63, 3.8) is 0 Å². The number of nitrogens with zero attached hydrogens (tertiary/aromatic N) is 2. The molecule has 1 aromatic rings. The molecule has 2 aliphatic rings. The van der Waals surface area contributed by atoms with Crippen LogP contribution in [0, 0.1) is 5.92 Å². The standard InChI is InChI=1S/C17H24N4O6/c22-13-10-11(16(25)20-5-7-27-8-6-20)9-12(13)18-14(23)1-3-21-4-2-15(24)19-17(21)26/h2,4,11-13,22H,1,3,5-10H2,(H,18,23)(H,19,24,26)/t11-,12+,13+/m0/s1. The van der Waals surface area contributed by atoms with Gasteiger partial charge in [-0.3, -0.25) is 19.4 Å². The molecule has 10 nitrogen and oxygen atoms in total. The number of aryl methyl sites for hydroxylation is 1. The zero-order valence-corrected chi connectivity index (χ0v) is 14.9. The van der Waals surface area contributed by atoms with Gasteiger partial charge in [0.05, 0.1) is 25.4 Å². The van der Waals surface area contributed by atoms with E-state index in [-0.39, 0.29) is 30.7 Å². The van der Waals surface area contributed by atoms with Crippen LogP contribution in [-0.2, 0) is 20.9 Å². The van der Waals surface area contributed by atoms with Gasteiger partial charge < -0.3 is 24.6 Å². The number of aromatic nitrogens is 2. The van der Waals surface area contributed by atoms with Crippen LogP contribution >= 0.6 is 0 Å². The number of hydrogen-bond acceptors (Lipinski definition) is 6. The number of carbonyl (C=O) groups is 2. The number of morpholine rings is 1. The van der Waals surface area contributed by atoms with Crippen LogP contribution in [0.3, 0.4) is 0 Å². The van der Waals surface area contributed by atoms with Crippen molar-refractivity contribution in [1.29, 1.82) is 0 Å². The van der Waals surface area contributed by atoms with Gasteiger partial charge in [-0.1, -0.05) is 0 Å². The van der Waals surface area contributed by atoms with Crippen LogP contribution in [-0.4, -0.2) is 69.8 Å². The fourth-order valence-corrected chi connectivity index (χ4v) is 3.54. The van der Waals surface area contributed by atoms with E-state index >= 15 is 0 Å². The number of ether oxygens (including phenoxy) is 1.